The molecule has 3 heterocycles. The molecule has 1 unspecified atom stereocenters. The number of thiazole rings is 1. The maximum absolute atomic E-state index is 13.2. The normalized spacial score (nSPS) is 12.4. The maximum Gasteiger partial charge on any atom is 0.256 e. The molecule has 0 saturated heterocycles. The zero-order valence-electron chi connectivity index (χ0n) is 13.7. The molecule has 0 aliphatic carbocycles. The van der Waals surface area contributed by atoms with Gasteiger partial charge in [0.25, 0.3) is 5.56 Å². The summed E-state index contributed by atoms with van der Waals surface area (Å²) in [4.78, 5) is 19.7. The summed E-state index contributed by atoms with van der Waals surface area (Å²) < 4.78 is 14.6. The van der Waals surface area contributed by atoms with Crippen molar-refractivity contribution in [2.75, 3.05) is 5.32 Å². The average Bonchev–Trinajstić information content (AvgIpc) is 3.22. The molecule has 0 saturated carbocycles. The summed E-state index contributed by atoms with van der Waals surface area (Å²) in [5.41, 5.74) is 2.17. The smallest absolute Gasteiger partial charge is 0.256 e. The van der Waals surface area contributed by atoms with Crippen molar-refractivity contribution in [3.63, 3.8) is 0 Å². The molecule has 26 heavy (non-hydrogen) atoms. The number of anilines is 1. The molecule has 4 aromatic rings. The average molecular weight is 370 g/mol. The van der Waals surface area contributed by atoms with Crippen LogP contribution in [-0.4, -0.2) is 19.6 Å². The molecule has 132 valence electrons. The van der Waals surface area contributed by atoms with E-state index in [0.717, 1.165) is 11.1 Å². The highest BCUT2D eigenvalue weighted by molar-refractivity contribution is 7.13. The number of H-pyrrole nitrogens is 1. The minimum Gasteiger partial charge on any atom is -0.368 e. The Bertz CT molecular complexity index is 1130. The van der Waals surface area contributed by atoms with Gasteiger partial charge in [0.1, 0.15) is 11.5 Å². The lowest BCUT2D eigenvalue weighted by Crippen LogP contribution is -2.17. The van der Waals surface area contributed by atoms with Crippen molar-refractivity contribution < 1.29 is 9.50 Å². The van der Waals surface area contributed by atoms with E-state index in [-0.39, 0.29) is 11.4 Å². The first kappa shape index (κ1) is 16.5. The van der Waals surface area contributed by atoms with Gasteiger partial charge in [-0.1, -0.05) is 0 Å². The van der Waals surface area contributed by atoms with E-state index in [1.54, 1.807) is 12.1 Å². The molecule has 1 atom stereocenters. The number of aliphatic hydroxyl groups excluding tert-OH is 1. The second-order valence-corrected chi connectivity index (χ2v) is 6.71. The minimum atomic E-state index is -1.01. The minimum absolute atomic E-state index is 0.254. The van der Waals surface area contributed by atoms with Crippen LogP contribution in [0.25, 0.3) is 16.7 Å². The fourth-order valence-electron chi connectivity index (χ4n) is 2.75. The SMILES string of the molecule is Cc1csc(NC(O)c2cc3ccc(=O)n(-c4ccc(F)cc4)c3[nH]2)n1. The third kappa shape index (κ3) is 3.00. The number of benzene rings is 1. The van der Waals surface area contributed by atoms with E-state index in [0.29, 0.717) is 22.2 Å². The van der Waals surface area contributed by atoms with E-state index in [4.69, 9.17) is 0 Å². The first-order valence-corrected chi connectivity index (χ1v) is 8.76. The molecular weight excluding hydrogens is 355 g/mol. The van der Waals surface area contributed by atoms with Gasteiger partial charge in [0.15, 0.2) is 11.4 Å². The summed E-state index contributed by atoms with van der Waals surface area (Å²) in [6, 6.07) is 10.5. The van der Waals surface area contributed by atoms with Crippen LogP contribution >= 0.6 is 11.3 Å². The lowest BCUT2D eigenvalue weighted by Gasteiger charge is -2.10. The molecular formula is C18H15FN4O2S. The Morgan fingerprint density at radius 1 is 1.27 bits per heavy atom. The molecule has 0 aliphatic heterocycles. The number of hydrogen-bond donors (Lipinski definition) is 3. The quantitative estimate of drug-likeness (QED) is 0.481. The van der Waals surface area contributed by atoms with Crippen LogP contribution in [0.15, 0.2) is 52.6 Å². The van der Waals surface area contributed by atoms with E-state index in [1.807, 2.05) is 12.3 Å². The number of hydrogen-bond acceptors (Lipinski definition) is 5. The molecule has 1 aromatic carbocycles. The van der Waals surface area contributed by atoms with Crippen molar-refractivity contribution in [1.82, 2.24) is 14.5 Å². The Balaban J connectivity index is 1.76. The van der Waals surface area contributed by atoms with Crippen molar-refractivity contribution in [2.24, 2.45) is 0 Å². The third-order valence-electron chi connectivity index (χ3n) is 3.96. The standard InChI is InChI=1S/C18H15FN4O2S/c1-10-9-26-18(20-10)22-17(25)14-8-11-2-7-15(24)23(16(11)21-14)13-5-3-12(19)4-6-13/h2-9,17,21,25H,1H3,(H,20,22). The van der Waals surface area contributed by atoms with Gasteiger partial charge in [0.2, 0.25) is 0 Å². The van der Waals surface area contributed by atoms with Gasteiger partial charge in [0, 0.05) is 16.8 Å². The number of nitrogens with zero attached hydrogens (tertiary/aromatic N) is 2. The molecule has 0 bridgehead atoms. The van der Waals surface area contributed by atoms with E-state index < -0.39 is 6.23 Å². The molecule has 0 radical (unpaired) electrons. The largest absolute Gasteiger partial charge is 0.368 e. The van der Waals surface area contributed by atoms with Crippen molar-refractivity contribution in [3.8, 4) is 5.69 Å². The molecule has 8 heteroatoms. The van der Waals surface area contributed by atoms with Gasteiger partial charge in [-0.15, -0.1) is 11.3 Å². The molecule has 0 amide bonds. The van der Waals surface area contributed by atoms with E-state index >= 15 is 0 Å². The number of aryl methyl sites for hydroxylation is 1. The number of aliphatic hydroxyl groups is 1. The zero-order chi connectivity index (χ0) is 18.3. The Morgan fingerprint density at radius 2 is 2.04 bits per heavy atom. The van der Waals surface area contributed by atoms with Crippen molar-refractivity contribution in [3.05, 3.63) is 75.4 Å². The zero-order valence-corrected chi connectivity index (χ0v) is 14.5. The van der Waals surface area contributed by atoms with Crippen molar-refractivity contribution >= 4 is 27.5 Å². The van der Waals surface area contributed by atoms with Gasteiger partial charge >= 0.3 is 0 Å². The Morgan fingerprint density at radius 3 is 2.73 bits per heavy atom. The highest BCUT2D eigenvalue weighted by Gasteiger charge is 2.15. The van der Waals surface area contributed by atoms with Crippen LogP contribution in [0.3, 0.4) is 0 Å². The third-order valence-corrected chi connectivity index (χ3v) is 4.85. The van der Waals surface area contributed by atoms with Gasteiger partial charge in [-0.05, 0) is 43.3 Å². The number of aromatic amines is 1. The van der Waals surface area contributed by atoms with Gasteiger partial charge < -0.3 is 15.4 Å². The maximum atomic E-state index is 13.2. The number of aromatic nitrogens is 3. The van der Waals surface area contributed by atoms with Crippen molar-refractivity contribution in [1.29, 1.82) is 0 Å². The Hall–Kier alpha value is -2.97. The highest BCUT2D eigenvalue weighted by Crippen LogP contribution is 2.24. The summed E-state index contributed by atoms with van der Waals surface area (Å²) >= 11 is 1.40. The molecule has 0 spiro atoms. The number of nitrogens with one attached hydrogen (secondary N) is 2. The van der Waals surface area contributed by atoms with Crippen LogP contribution in [0.1, 0.15) is 17.6 Å². The second kappa shape index (κ2) is 6.40. The topological polar surface area (TPSA) is 82.9 Å². The van der Waals surface area contributed by atoms with Gasteiger partial charge in [-0.3, -0.25) is 9.36 Å². The summed E-state index contributed by atoms with van der Waals surface area (Å²) in [5, 5.41) is 16.6. The fourth-order valence-corrected chi connectivity index (χ4v) is 3.46. The first-order valence-electron chi connectivity index (χ1n) is 7.88. The van der Waals surface area contributed by atoms with Gasteiger partial charge in [-0.2, -0.15) is 0 Å². The summed E-state index contributed by atoms with van der Waals surface area (Å²) in [7, 11) is 0. The van der Waals surface area contributed by atoms with Crippen molar-refractivity contribution in [2.45, 2.75) is 13.2 Å². The van der Waals surface area contributed by atoms with E-state index in [2.05, 4.69) is 15.3 Å². The predicted octanol–water partition coefficient (Wildman–Crippen LogP) is 3.33. The molecule has 3 N–H and O–H groups in total. The lowest BCUT2D eigenvalue weighted by molar-refractivity contribution is 0.204. The molecule has 0 fully saturated rings. The van der Waals surface area contributed by atoms with Crippen LogP contribution in [0.5, 0.6) is 0 Å². The number of halogens is 1. The van der Waals surface area contributed by atoms with Crippen LogP contribution < -0.4 is 10.9 Å². The van der Waals surface area contributed by atoms with Gasteiger partial charge in [-0.25, -0.2) is 9.37 Å². The fraction of sp³-hybridized carbons (Fsp3) is 0.111. The lowest BCUT2D eigenvalue weighted by atomic mass is 10.2. The summed E-state index contributed by atoms with van der Waals surface area (Å²) in [5.74, 6) is -0.375. The van der Waals surface area contributed by atoms with Crippen LogP contribution in [0, 0.1) is 12.7 Å². The summed E-state index contributed by atoms with van der Waals surface area (Å²) in [6.45, 7) is 1.87. The monoisotopic (exact) mass is 370 g/mol. The highest BCUT2D eigenvalue weighted by atomic mass is 32.1. The second-order valence-electron chi connectivity index (χ2n) is 5.85. The molecule has 0 aliphatic rings. The van der Waals surface area contributed by atoms with Gasteiger partial charge in [0.05, 0.1) is 17.1 Å². The number of rotatable bonds is 4. The first-order chi connectivity index (χ1) is 12.5. The Kier molecular flexibility index (Phi) is 4.06. The number of fused-ring (bicyclic) bond motifs is 1. The van der Waals surface area contributed by atoms with Crippen LogP contribution in [-0.2, 0) is 0 Å². The Labute approximate surface area is 151 Å². The molecule has 4 rings (SSSR count). The van der Waals surface area contributed by atoms with Crippen LogP contribution in [0.4, 0.5) is 9.52 Å². The predicted molar refractivity (Wildman–Crippen MR) is 99.3 cm³/mol. The van der Waals surface area contributed by atoms with Crippen LogP contribution in [0.2, 0.25) is 0 Å². The molecule has 6 nitrogen and oxygen atoms in total. The van der Waals surface area contributed by atoms with E-state index in [9.17, 15) is 14.3 Å². The number of pyridine rings is 1. The van der Waals surface area contributed by atoms with E-state index in [1.165, 1.54) is 46.2 Å². The molecule has 3 aromatic heterocycles. The summed E-state index contributed by atoms with van der Waals surface area (Å²) in [6.07, 6.45) is -1.01.